The fourth-order valence-electron chi connectivity index (χ4n) is 3.57. The first kappa shape index (κ1) is 25.7. The Morgan fingerprint density at radius 2 is 1.59 bits per heavy atom. The van der Waals surface area contributed by atoms with Crippen LogP contribution in [0.15, 0.2) is 77.5 Å². The first-order valence-corrected chi connectivity index (χ1v) is 11.5. The van der Waals surface area contributed by atoms with Gasteiger partial charge in [-0.25, -0.2) is 9.69 Å². The van der Waals surface area contributed by atoms with E-state index in [1.807, 2.05) is 0 Å². The van der Waals surface area contributed by atoms with Gasteiger partial charge in [-0.15, -0.1) is 0 Å². The molecule has 0 spiro atoms. The molecule has 9 nitrogen and oxygen atoms in total. The molecule has 0 aromatic heterocycles. The van der Waals surface area contributed by atoms with Crippen LogP contribution in [0.2, 0.25) is 5.02 Å². The van der Waals surface area contributed by atoms with Crippen molar-refractivity contribution in [2.24, 2.45) is 0 Å². The lowest BCUT2D eigenvalue weighted by molar-refractivity contribution is -0.120. The summed E-state index contributed by atoms with van der Waals surface area (Å²) >= 11 is 12.2. The summed E-state index contributed by atoms with van der Waals surface area (Å²) in [7, 11) is 2.72. The summed E-state index contributed by atoms with van der Waals surface area (Å²) in [5.74, 6) is -2.01. The number of imide groups is 1. The van der Waals surface area contributed by atoms with Crippen molar-refractivity contribution >= 4 is 64.0 Å². The Bertz CT molecular complexity index is 1450. The molecule has 0 unspecified atom stereocenters. The zero-order valence-electron chi connectivity index (χ0n) is 19.5. The van der Waals surface area contributed by atoms with Gasteiger partial charge in [0.2, 0.25) is 0 Å². The minimum atomic E-state index is -0.734. The molecule has 0 aliphatic carbocycles. The molecular formula is C26H19Cl2N3O6. The van der Waals surface area contributed by atoms with Gasteiger partial charge >= 0.3 is 5.97 Å². The molecule has 1 aliphatic heterocycles. The van der Waals surface area contributed by atoms with Crippen LogP contribution in [-0.2, 0) is 14.3 Å². The third-order valence-corrected chi connectivity index (χ3v) is 5.96. The smallest absolute Gasteiger partial charge is 0.337 e. The monoisotopic (exact) mass is 539 g/mol. The maximum atomic E-state index is 13.1. The number of carbonyl (C=O) groups is 4. The molecule has 3 aromatic rings. The van der Waals surface area contributed by atoms with Gasteiger partial charge < -0.3 is 20.1 Å². The number of benzene rings is 3. The maximum Gasteiger partial charge on any atom is 0.337 e. The molecule has 0 fully saturated rings. The number of hydrogen-bond donors (Lipinski definition) is 2. The number of ether oxygens (including phenoxy) is 2. The number of halogens is 2. The van der Waals surface area contributed by atoms with Gasteiger partial charge in [-0.1, -0.05) is 29.3 Å². The van der Waals surface area contributed by atoms with Gasteiger partial charge in [0, 0.05) is 16.3 Å². The van der Waals surface area contributed by atoms with Crippen LogP contribution in [-0.4, -0.2) is 37.9 Å². The Balaban J connectivity index is 1.53. The van der Waals surface area contributed by atoms with Crippen LogP contribution >= 0.6 is 23.2 Å². The van der Waals surface area contributed by atoms with Crippen LogP contribution in [0.1, 0.15) is 20.7 Å². The van der Waals surface area contributed by atoms with Gasteiger partial charge in [-0.3, -0.25) is 14.4 Å². The predicted octanol–water partition coefficient (Wildman–Crippen LogP) is 4.82. The molecule has 0 bridgehead atoms. The summed E-state index contributed by atoms with van der Waals surface area (Å²) in [5, 5.41) is 5.67. The van der Waals surface area contributed by atoms with Crippen molar-refractivity contribution in [1.82, 2.24) is 0 Å². The highest BCUT2D eigenvalue weighted by atomic mass is 35.5. The molecule has 3 amide bonds. The minimum Gasteiger partial charge on any atom is -0.495 e. The van der Waals surface area contributed by atoms with E-state index in [1.165, 1.54) is 44.6 Å². The van der Waals surface area contributed by atoms with Gasteiger partial charge in [0.1, 0.15) is 16.5 Å². The summed E-state index contributed by atoms with van der Waals surface area (Å²) in [5.41, 5.74) is 1.32. The van der Waals surface area contributed by atoms with E-state index in [1.54, 1.807) is 36.4 Å². The predicted molar refractivity (Wildman–Crippen MR) is 139 cm³/mol. The largest absolute Gasteiger partial charge is 0.495 e. The van der Waals surface area contributed by atoms with Crippen molar-refractivity contribution in [3.05, 3.63) is 93.6 Å². The Morgan fingerprint density at radius 3 is 2.27 bits per heavy atom. The number of esters is 1. The van der Waals surface area contributed by atoms with Gasteiger partial charge in [-0.2, -0.15) is 0 Å². The minimum absolute atomic E-state index is 0.155. The number of rotatable bonds is 7. The second-order valence-electron chi connectivity index (χ2n) is 7.68. The summed E-state index contributed by atoms with van der Waals surface area (Å²) in [6.07, 6.45) is 0. The number of anilines is 3. The molecule has 188 valence electrons. The number of methoxy groups -OCH3 is 2. The molecule has 0 saturated carbocycles. The second-order valence-corrected chi connectivity index (χ2v) is 8.49. The number of nitrogens with one attached hydrogen (secondary N) is 2. The number of nitrogens with zero attached hydrogens (tertiary/aromatic N) is 1. The Labute approximate surface area is 221 Å². The number of amides is 3. The van der Waals surface area contributed by atoms with Gasteiger partial charge in [0.05, 0.1) is 31.2 Å². The van der Waals surface area contributed by atoms with E-state index < -0.39 is 23.7 Å². The van der Waals surface area contributed by atoms with E-state index >= 15 is 0 Å². The lowest BCUT2D eigenvalue weighted by Gasteiger charge is -2.15. The van der Waals surface area contributed by atoms with Crippen molar-refractivity contribution in [3.8, 4) is 5.75 Å². The Kier molecular flexibility index (Phi) is 7.47. The highest BCUT2D eigenvalue weighted by Gasteiger charge is 2.39. The van der Waals surface area contributed by atoms with Crippen LogP contribution in [0.3, 0.4) is 0 Å². The molecule has 37 heavy (non-hydrogen) atoms. The van der Waals surface area contributed by atoms with E-state index in [0.717, 1.165) is 4.90 Å². The third-order valence-electron chi connectivity index (χ3n) is 5.38. The molecule has 3 aromatic carbocycles. The third kappa shape index (κ3) is 5.28. The first-order valence-electron chi connectivity index (χ1n) is 10.7. The Hall–Kier alpha value is -4.34. The van der Waals surface area contributed by atoms with E-state index in [4.69, 9.17) is 27.9 Å². The summed E-state index contributed by atoms with van der Waals surface area (Å²) in [4.78, 5) is 51.2. The van der Waals surface area contributed by atoms with Crippen LogP contribution in [0.5, 0.6) is 5.75 Å². The van der Waals surface area contributed by atoms with Crippen molar-refractivity contribution in [2.45, 2.75) is 0 Å². The number of hydrogen-bond acceptors (Lipinski definition) is 7. The summed E-state index contributed by atoms with van der Waals surface area (Å²) < 4.78 is 9.90. The SMILES string of the molecule is COC(=O)c1ccc(N2C(=O)C(Cl)=C(Nc3cccc(C(=O)Nc4cc(Cl)ccc4OC)c3)C2=O)cc1. The summed E-state index contributed by atoms with van der Waals surface area (Å²) in [6.45, 7) is 0. The highest BCUT2D eigenvalue weighted by Crippen LogP contribution is 2.31. The normalized spacial score (nSPS) is 13.0. The van der Waals surface area contributed by atoms with Crippen LogP contribution < -0.4 is 20.3 Å². The van der Waals surface area contributed by atoms with Gasteiger partial charge in [0.15, 0.2) is 0 Å². The molecule has 4 rings (SSSR count). The molecular weight excluding hydrogens is 521 g/mol. The highest BCUT2D eigenvalue weighted by molar-refractivity contribution is 6.53. The second kappa shape index (κ2) is 10.7. The quantitative estimate of drug-likeness (QED) is 0.326. The lowest BCUT2D eigenvalue weighted by Crippen LogP contribution is -2.32. The van der Waals surface area contributed by atoms with E-state index in [-0.39, 0.29) is 27.5 Å². The van der Waals surface area contributed by atoms with Crippen LogP contribution in [0.25, 0.3) is 0 Å². The zero-order chi connectivity index (χ0) is 26.7. The average Bonchev–Trinajstić information content (AvgIpc) is 3.11. The first-order chi connectivity index (χ1) is 17.7. The van der Waals surface area contributed by atoms with Crippen molar-refractivity contribution in [1.29, 1.82) is 0 Å². The maximum absolute atomic E-state index is 13.1. The molecule has 0 atom stereocenters. The van der Waals surface area contributed by atoms with Gasteiger partial charge in [0.25, 0.3) is 17.7 Å². The zero-order valence-corrected chi connectivity index (χ0v) is 21.0. The topological polar surface area (TPSA) is 114 Å². The van der Waals surface area contributed by atoms with E-state index in [0.29, 0.717) is 22.1 Å². The molecule has 2 N–H and O–H groups in total. The fraction of sp³-hybridized carbons (Fsp3) is 0.0769. The van der Waals surface area contributed by atoms with Crippen molar-refractivity contribution in [2.75, 3.05) is 29.8 Å². The molecule has 1 heterocycles. The van der Waals surface area contributed by atoms with Crippen molar-refractivity contribution < 1.29 is 28.7 Å². The Morgan fingerprint density at radius 1 is 0.865 bits per heavy atom. The van der Waals surface area contributed by atoms with Crippen LogP contribution in [0.4, 0.5) is 17.1 Å². The van der Waals surface area contributed by atoms with E-state index in [9.17, 15) is 19.2 Å². The molecule has 11 heteroatoms. The fourth-order valence-corrected chi connectivity index (χ4v) is 3.95. The molecule has 0 saturated heterocycles. The van der Waals surface area contributed by atoms with Crippen molar-refractivity contribution in [3.63, 3.8) is 0 Å². The lowest BCUT2D eigenvalue weighted by atomic mass is 10.1. The summed E-state index contributed by atoms with van der Waals surface area (Å²) in [6, 6.07) is 16.8. The average molecular weight is 540 g/mol. The molecule has 0 radical (unpaired) electrons. The standard InChI is InChI=1S/C26H19Cl2N3O6/c1-36-20-11-8-16(27)13-19(20)30-23(32)15-4-3-5-17(12-15)29-22-21(28)24(33)31(25(22)34)18-9-6-14(7-10-18)26(35)37-2/h3-13,29H,1-2H3,(H,30,32). The van der Waals surface area contributed by atoms with Gasteiger partial charge in [-0.05, 0) is 60.7 Å². The van der Waals surface area contributed by atoms with E-state index in [2.05, 4.69) is 15.4 Å². The van der Waals surface area contributed by atoms with Crippen LogP contribution in [0, 0.1) is 0 Å². The molecule has 1 aliphatic rings. The number of carbonyl (C=O) groups excluding carboxylic acids is 4.